The lowest BCUT2D eigenvalue weighted by Crippen LogP contribution is -2.19. The highest BCUT2D eigenvalue weighted by molar-refractivity contribution is 5.62. The van der Waals surface area contributed by atoms with Gasteiger partial charge in [-0.25, -0.2) is 9.37 Å². The van der Waals surface area contributed by atoms with Crippen molar-refractivity contribution in [3.63, 3.8) is 0 Å². The minimum atomic E-state index is -0.310. The Bertz CT molecular complexity index is 1110. The zero-order valence-electron chi connectivity index (χ0n) is 14.1. The molecule has 0 spiro atoms. The van der Waals surface area contributed by atoms with Crippen molar-refractivity contribution in [3.05, 3.63) is 83.3 Å². The lowest BCUT2D eigenvalue weighted by molar-refractivity contribution is 0.340. The van der Waals surface area contributed by atoms with Crippen LogP contribution in [0.4, 0.5) is 4.39 Å². The van der Waals surface area contributed by atoms with E-state index in [2.05, 4.69) is 4.98 Å². The molecular formula is C20H16FN3O2. The molecule has 0 saturated carbocycles. The summed E-state index contributed by atoms with van der Waals surface area (Å²) in [6.07, 6.45) is 5.22. The average molecular weight is 349 g/mol. The second-order valence-electron chi connectivity index (χ2n) is 5.76. The van der Waals surface area contributed by atoms with E-state index in [-0.39, 0.29) is 11.4 Å². The number of imidazole rings is 1. The third-order valence-electron chi connectivity index (χ3n) is 4.08. The monoisotopic (exact) mass is 349 g/mol. The normalized spacial score (nSPS) is 11.0. The Morgan fingerprint density at radius 1 is 1.04 bits per heavy atom. The van der Waals surface area contributed by atoms with Crippen LogP contribution >= 0.6 is 0 Å². The lowest BCUT2D eigenvalue weighted by atomic mass is 10.2. The first-order valence-electron chi connectivity index (χ1n) is 8.25. The summed E-state index contributed by atoms with van der Waals surface area (Å²) in [6.45, 7) is 2.51. The van der Waals surface area contributed by atoms with Crippen LogP contribution < -0.4 is 10.3 Å². The predicted octanol–water partition coefficient (Wildman–Crippen LogP) is 3.69. The Balaban J connectivity index is 1.77. The molecule has 0 N–H and O–H groups in total. The van der Waals surface area contributed by atoms with Crippen LogP contribution in [0.25, 0.3) is 22.6 Å². The van der Waals surface area contributed by atoms with E-state index in [9.17, 15) is 9.18 Å². The predicted molar refractivity (Wildman–Crippen MR) is 97.4 cm³/mol. The van der Waals surface area contributed by atoms with E-state index in [1.165, 1.54) is 16.7 Å². The molecule has 0 saturated heterocycles. The standard InChI is InChI=1S/C20H16FN3O2/c1-2-26-17-9-7-16(8-10-17)24-12-11-23-13-18(22-19(23)20(24)25)14-3-5-15(21)6-4-14/h3-13H,2H2,1H3. The van der Waals surface area contributed by atoms with E-state index < -0.39 is 0 Å². The largest absolute Gasteiger partial charge is 0.494 e. The Morgan fingerprint density at radius 2 is 1.77 bits per heavy atom. The van der Waals surface area contributed by atoms with E-state index >= 15 is 0 Å². The molecule has 2 aromatic heterocycles. The van der Waals surface area contributed by atoms with Crippen molar-refractivity contribution >= 4 is 5.65 Å². The summed E-state index contributed by atoms with van der Waals surface area (Å²) in [5.41, 5.74) is 2.17. The van der Waals surface area contributed by atoms with E-state index in [0.717, 1.165) is 17.0 Å². The van der Waals surface area contributed by atoms with Crippen molar-refractivity contribution in [1.82, 2.24) is 14.0 Å². The molecule has 4 aromatic rings. The van der Waals surface area contributed by atoms with Gasteiger partial charge in [0, 0.05) is 29.8 Å². The minimum Gasteiger partial charge on any atom is -0.494 e. The van der Waals surface area contributed by atoms with Gasteiger partial charge >= 0.3 is 0 Å². The van der Waals surface area contributed by atoms with Gasteiger partial charge in [0.25, 0.3) is 5.56 Å². The molecule has 0 amide bonds. The summed E-state index contributed by atoms with van der Waals surface area (Å²) in [6, 6.07) is 13.3. The molecule has 0 bridgehead atoms. The fourth-order valence-electron chi connectivity index (χ4n) is 2.81. The third-order valence-corrected chi connectivity index (χ3v) is 4.08. The second kappa shape index (κ2) is 6.48. The molecule has 0 aliphatic heterocycles. The number of ether oxygens (including phenoxy) is 1. The second-order valence-corrected chi connectivity index (χ2v) is 5.76. The maximum atomic E-state index is 13.1. The molecule has 0 atom stereocenters. The van der Waals surface area contributed by atoms with Gasteiger partial charge in [-0.1, -0.05) is 0 Å². The highest BCUT2D eigenvalue weighted by Gasteiger charge is 2.10. The van der Waals surface area contributed by atoms with Crippen molar-refractivity contribution in [2.24, 2.45) is 0 Å². The van der Waals surface area contributed by atoms with Crippen LogP contribution in [0.2, 0.25) is 0 Å². The summed E-state index contributed by atoms with van der Waals surface area (Å²) in [5.74, 6) is 0.445. The Hall–Kier alpha value is -3.41. The van der Waals surface area contributed by atoms with E-state index in [1.54, 1.807) is 35.1 Å². The first-order valence-corrected chi connectivity index (χ1v) is 8.25. The molecule has 6 heteroatoms. The summed E-state index contributed by atoms with van der Waals surface area (Å²) < 4.78 is 21.7. The number of hydrogen-bond acceptors (Lipinski definition) is 3. The molecule has 0 fully saturated rings. The van der Waals surface area contributed by atoms with Gasteiger partial charge in [0.2, 0.25) is 5.65 Å². The van der Waals surface area contributed by atoms with Crippen molar-refractivity contribution in [2.75, 3.05) is 6.61 Å². The van der Waals surface area contributed by atoms with Gasteiger partial charge in [-0.15, -0.1) is 0 Å². The van der Waals surface area contributed by atoms with E-state index in [4.69, 9.17) is 4.74 Å². The van der Waals surface area contributed by atoms with Crippen LogP contribution in [0.15, 0.2) is 71.9 Å². The van der Waals surface area contributed by atoms with Crippen LogP contribution in [-0.4, -0.2) is 20.6 Å². The van der Waals surface area contributed by atoms with Gasteiger partial charge < -0.3 is 9.14 Å². The number of rotatable bonds is 4. The Labute approximate surface area is 148 Å². The number of nitrogens with zero attached hydrogens (tertiary/aromatic N) is 3. The SMILES string of the molecule is CCOc1ccc(-n2ccn3cc(-c4ccc(F)cc4)nc3c2=O)cc1. The van der Waals surface area contributed by atoms with Crippen LogP contribution in [0.1, 0.15) is 6.92 Å². The highest BCUT2D eigenvalue weighted by atomic mass is 19.1. The molecule has 130 valence electrons. The van der Waals surface area contributed by atoms with Crippen molar-refractivity contribution < 1.29 is 9.13 Å². The van der Waals surface area contributed by atoms with Crippen LogP contribution in [-0.2, 0) is 0 Å². The molecule has 2 aromatic carbocycles. The Kier molecular flexibility index (Phi) is 4.01. The molecule has 0 aliphatic rings. The molecule has 26 heavy (non-hydrogen) atoms. The van der Waals surface area contributed by atoms with Crippen molar-refractivity contribution in [1.29, 1.82) is 0 Å². The maximum Gasteiger partial charge on any atom is 0.298 e. The van der Waals surface area contributed by atoms with Gasteiger partial charge in [0.05, 0.1) is 12.3 Å². The summed E-state index contributed by atoms with van der Waals surface area (Å²) in [5, 5.41) is 0. The molecule has 4 rings (SSSR count). The summed E-state index contributed by atoms with van der Waals surface area (Å²) in [7, 11) is 0. The van der Waals surface area contributed by atoms with Crippen molar-refractivity contribution in [3.8, 4) is 22.7 Å². The molecular weight excluding hydrogens is 333 g/mol. The third kappa shape index (κ3) is 2.86. The summed E-state index contributed by atoms with van der Waals surface area (Å²) >= 11 is 0. The fourth-order valence-corrected chi connectivity index (χ4v) is 2.81. The highest BCUT2D eigenvalue weighted by Crippen LogP contribution is 2.19. The van der Waals surface area contributed by atoms with Gasteiger partial charge in [0.15, 0.2) is 0 Å². The number of fused-ring (bicyclic) bond motifs is 1. The van der Waals surface area contributed by atoms with Crippen LogP contribution in [0.3, 0.4) is 0 Å². The minimum absolute atomic E-state index is 0.231. The first kappa shape index (κ1) is 16.1. The van der Waals surface area contributed by atoms with Gasteiger partial charge in [0.1, 0.15) is 11.6 Å². The summed E-state index contributed by atoms with van der Waals surface area (Å²) in [4.78, 5) is 17.3. The Morgan fingerprint density at radius 3 is 2.46 bits per heavy atom. The molecule has 5 nitrogen and oxygen atoms in total. The zero-order valence-corrected chi connectivity index (χ0v) is 14.1. The number of aromatic nitrogens is 3. The number of benzene rings is 2. The van der Waals surface area contributed by atoms with Gasteiger partial charge in [-0.05, 0) is 55.5 Å². The van der Waals surface area contributed by atoms with E-state index in [0.29, 0.717) is 17.9 Å². The molecule has 0 aliphatic carbocycles. The quantitative estimate of drug-likeness (QED) is 0.565. The van der Waals surface area contributed by atoms with Gasteiger partial charge in [-0.2, -0.15) is 0 Å². The maximum absolute atomic E-state index is 13.1. The fraction of sp³-hybridized carbons (Fsp3) is 0.100. The smallest absolute Gasteiger partial charge is 0.298 e. The molecule has 0 unspecified atom stereocenters. The molecule has 0 radical (unpaired) electrons. The van der Waals surface area contributed by atoms with E-state index in [1.807, 2.05) is 31.2 Å². The number of hydrogen-bond donors (Lipinski definition) is 0. The van der Waals surface area contributed by atoms with Crippen LogP contribution in [0, 0.1) is 5.82 Å². The topological polar surface area (TPSA) is 48.5 Å². The first-order chi connectivity index (χ1) is 12.7. The lowest BCUT2D eigenvalue weighted by Gasteiger charge is -2.07. The van der Waals surface area contributed by atoms with Crippen LogP contribution in [0.5, 0.6) is 5.75 Å². The van der Waals surface area contributed by atoms with Gasteiger partial charge in [-0.3, -0.25) is 9.36 Å². The average Bonchev–Trinajstić information content (AvgIpc) is 3.09. The molecule has 2 heterocycles. The zero-order chi connectivity index (χ0) is 18.1. The van der Waals surface area contributed by atoms with Crippen molar-refractivity contribution in [2.45, 2.75) is 6.92 Å². The number of halogens is 1.